The molecule has 6 heteroatoms. The van der Waals surface area contributed by atoms with Crippen molar-refractivity contribution in [2.24, 2.45) is 5.41 Å². The first-order valence-corrected chi connectivity index (χ1v) is 11.0. The molecule has 1 aromatic carbocycles. The molecule has 0 aromatic heterocycles. The number of ether oxygens (including phenoxy) is 5. The molecule has 1 heterocycles. The molecule has 1 aromatic rings. The van der Waals surface area contributed by atoms with E-state index in [1.54, 1.807) is 7.11 Å². The molecule has 1 aliphatic heterocycles. The predicted octanol–water partition coefficient (Wildman–Crippen LogP) is 4.88. The standard InChI is InChI=1S/C24H38O6/c1-5-6-7-8-9-10-22(25)28-17-24(18-29-23(2,3)30-19-24)16-27-15-20-11-13-21(26-4)14-12-20/h11-14H,5-10,15-19H2,1-4H3. The van der Waals surface area contributed by atoms with Crippen molar-refractivity contribution in [3.05, 3.63) is 29.8 Å². The van der Waals surface area contributed by atoms with Gasteiger partial charge in [0.25, 0.3) is 0 Å². The van der Waals surface area contributed by atoms with Crippen molar-refractivity contribution in [3.63, 3.8) is 0 Å². The number of rotatable bonds is 13. The third kappa shape index (κ3) is 8.62. The zero-order valence-corrected chi connectivity index (χ0v) is 19.0. The molecule has 0 aliphatic carbocycles. The maximum atomic E-state index is 12.2. The summed E-state index contributed by atoms with van der Waals surface area (Å²) in [7, 11) is 1.65. The molecule has 1 fully saturated rings. The molecule has 1 aliphatic rings. The van der Waals surface area contributed by atoms with Gasteiger partial charge in [0.2, 0.25) is 0 Å². The van der Waals surface area contributed by atoms with Crippen molar-refractivity contribution in [1.82, 2.24) is 0 Å². The molecule has 0 unspecified atom stereocenters. The van der Waals surface area contributed by atoms with Crippen LogP contribution in [-0.2, 0) is 30.3 Å². The van der Waals surface area contributed by atoms with Crippen LogP contribution >= 0.6 is 0 Å². The van der Waals surface area contributed by atoms with Crippen LogP contribution in [0.4, 0.5) is 0 Å². The van der Waals surface area contributed by atoms with Crippen LogP contribution in [0.15, 0.2) is 24.3 Å². The summed E-state index contributed by atoms with van der Waals surface area (Å²) in [5, 5.41) is 0. The van der Waals surface area contributed by atoms with Gasteiger partial charge in [-0.25, -0.2) is 0 Å². The molecule has 0 bridgehead atoms. The number of carbonyl (C=O) groups is 1. The highest BCUT2D eigenvalue weighted by atomic mass is 16.7. The first-order valence-electron chi connectivity index (χ1n) is 11.0. The van der Waals surface area contributed by atoms with Gasteiger partial charge in [0.15, 0.2) is 5.79 Å². The van der Waals surface area contributed by atoms with Gasteiger partial charge in [-0.1, -0.05) is 44.7 Å². The van der Waals surface area contributed by atoms with Crippen LogP contribution in [0.2, 0.25) is 0 Å². The molecular weight excluding hydrogens is 384 g/mol. The summed E-state index contributed by atoms with van der Waals surface area (Å²) in [6, 6.07) is 7.76. The van der Waals surface area contributed by atoms with Gasteiger partial charge in [0.1, 0.15) is 12.4 Å². The molecule has 1 saturated heterocycles. The lowest BCUT2D eigenvalue weighted by molar-refractivity contribution is -0.297. The Morgan fingerprint density at radius 1 is 1.00 bits per heavy atom. The highest BCUT2D eigenvalue weighted by Crippen LogP contribution is 2.31. The molecule has 170 valence electrons. The third-order valence-electron chi connectivity index (χ3n) is 5.31. The molecule has 0 amide bonds. The lowest BCUT2D eigenvalue weighted by Crippen LogP contribution is -2.51. The van der Waals surface area contributed by atoms with Crippen LogP contribution in [0.25, 0.3) is 0 Å². The van der Waals surface area contributed by atoms with E-state index >= 15 is 0 Å². The number of unbranched alkanes of at least 4 members (excludes halogenated alkanes) is 4. The Kier molecular flexibility index (Phi) is 10.1. The summed E-state index contributed by atoms with van der Waals surface area (Å²) in [5.41, 5.74) is 0.549. The van der Waals surface area contributed by atoms with E-state index in [9.17, 15) is 4.79 Å². The number of esters is 1. The smallest absolute Gasteiger partial charge is 0.305 e. The fourth-order valence-electron chi connectivity index (χ4n) is 3.23. The summed E-state index contributed by atoms with van der Waals surface area (Å²) in [5.74, 6) is 0.0157. The highest BCUT2D eigenvalue weighted by Gasteiger charge is 2.41. The summed E-state index contributed by atoms with van der Waals surface area (Å²) in [6.45, 7) is 7.88. The van der Waals surface area contributed by atoms with Crippen molar-refractivity contribution in [2.75, 3.05) is 33.5 Å². The zero-order valence-electron chi connectivity index (χ0n) is 19.0. The van der Waals surface area contributed by atoms with E-state index in [2.05, 4.69) is 6.92 Å². The number of methoxy groups -OCH3 is 1. The van der Waals surface area contributed by atoms with Crippen molar-refractivity contribution in [1.29, 1.82) is 0 Å². The molecule has 0 saturated carbocycles. The van der Waals surface area contributed by atoms with E-state index in [4.69, 9.17) is 23.7 Å². The lowest BCUT2D eigenvalue weighted by Gasteiger charge is -2.42. The van der Waals surface area contributed by atoms with Crippen molar-refractivity contribution < 1.29 is 28.5 Å². The van der Waals surface area contributed by atoms with Crippen LogP contribution in [0.5, 0.6) is 5.75 Å². The van der Waals surface area contributed by atoms with Gasteiger partial charge in [-0.05, 0) is 38.0 Å². The summed E-state index contributed by atoms with van der Waals surface area (Å²) < 4.78 is 28.5. The molecule has 0 radical (unpaired) electrons. The van der Waals surface area contributed by atoms with Crippen LogP contribution in [0.1, 0.15) is 64.9 Å². The topological polar surface area (TPSA) is 63.2 Å². The fraction of sp³-hybridized carbons (Fsp3) is 0.708. The molecule has 0 atom stereocenters. The average molecular weight is 423 g/mol. The lowest BCUT2D eigenvalue weighted by atomic mass is 9.91. The van der Waals surface area contributed by atoms with E-state index in [0.717, 1.165) is 24.2 Å². The maximum Gasteiger partial charge on any atom is 0.305 e. The van der Waals surface area contributed by atoms with Gasteiger partial charge >= 0.3 is 5.97 Å². The van der Waals surface area contributed by atoms with Crippen molar-refractivity contribution in [3.8, 4) is 5.75 Å². The van der Waals surface area contributed by atoms with Gasteiger partial charge in [-0.3, -0.25) is 4.79 Å². The third-order valence-corrected chi connectivity index (χ3v) is 5.31. The van der Waals surface area contributed by atoms with Gasteiger partial charge in [0.05, 0.1) is 39.0 Å². The quantitative estimate of drug-likeness (QED) is 0.333. The largest absolute Gasteiger partial charge is 0.497 e. The van der Waals surface area contributed by atoms with E-state index in [0.29, 0.717) is 32.8 Å². The molecule has 6 nitrogen and oxygen atoms in total. The SMILES string of the molecule is CCCCCCCC(=O)OCC1(COCc2ccc(OC)cc2)COC(C)(C)OC1. The van der Waals surface area contributed by atoms with E-state index in [-0.39, 0.29) is 12.6 Å². The average Bonchev–Trinajstić information content (AvgIpc) is 2.74. The van der Waals surface area contributed by atoms with Crippen LogP contribution < -0.4 is 4.74 Å². The summed E-state index contributed by atoms with van der Waals surface area (Å²) >= 11 is 0. The highest BCUT2D eigenvalue weighted by molar-refractivity contribution is 5.69. The second kappa shape index (κ2) is 12.3. The van der Waals surface area contributed by atoms with E-state index in [1.165, 1.54) is 19.3 Å². The van der Waals surface area contributed by atoms with Gasteiger partial charge < -0.3 is 23.7 Å². The van der Waals surface area contributed by atoms with Gasteiger partial charge in [-0.2, -0.15) is 0 Å². The number of carbonyl (C=O) groups excluding carboxylic acids is 1. The first kappa shape index (κ1) is 24.6. The normalized spacial score (nSPS) is 17.5. The number of hydrogen-bond donors (Lipinski definition) is 0. The van der Waals surface area contributed by atoms with Crippen LogP contribution in [-0.4, -0.2) is 45.3 Å². The Hall–Kier alpha value is -1.63. The first-order chi connectivity index (χ1) is 14.4. The second-order valence-electron chi connectivity index (χ2n) is 8.64. The Bertz CT molecular complexity index is 615. The predicted molar refractivity (Wildman–Crippen MR) is 115 cm³/mol. The van der Waals surface area contributed by atoms with Crippen molar-refractivity contribution in [2.45, 2.75) is 71.7 Å². The second-order valence-corrected chi connectivity index (χ2v) is 8.64. The fourth-order valence-corrected chi connectivity index (χ4v) is 3.23. The Morgan fingerprint density at radius 2 is 1.67 bits per heavy atom. The maximum absolute atomic E-state index is 12.2. The Balaban J connectivity index is 1.82. The van der Waals surface area contributed by atoms with Crippen LogP contribution in [0, 0.1) is 5.41 Å². The molecule has 2 rings (SSSR count). The summed E-state index contributed by atoms with van der Waals surface area (Å²) in [6.07, 6.45) is 5.98. The van der Waals surface area contributed by atoms with Gasteiger partial charge in [-0.15, -0.1) is 0 Å². The number of benzene rings is 1. The minimum atomic E-state index is -0.636. The molecular formula is C24H38O6. The van der Waals surface area contributed by atoms with Gasteiger partial charge in [0, 0.05) is 6.42 Å². The Morgan fingerprint density at radius 3 is 2.30 bits per heavy atom. The number of hydrogen-bond acceptors (Lipinski definition) is 6. The molecule has 0 N–H and O–H groups in total. The minimum Gasteiger partial charge on any atom is -0.497 e. The zero-order chi connectivity index (χ0) is 21.9. The summed E-state index contributed by atoms with van der Waals surface area (Å²) in [4.78, 5) is 12.2. The monoisotopic (exact) mass is 422 g/mol. The van der Waals surface area contributed by atoms with Crippen LogP contribution in [0.3, 0.4) is 0 Å². The molecule has 0 spiro atoms. The van der Waals surface area contributed by atoms with E-state index < -0.39 is 11.2 Å². The van der Waals surface area contributed by atoms with E-state index in [1.807, 2.05) is 38.1 Å². The molecule has 30 heavy (non-hydrogen) atoms. The Labute approximate surface area is 181 Å². The van der Waals surface area contributed by atoms with Crippen molar-refractivity contribution >= 4 is 5.97 Å². The minimum absolute atomic E-state index is 0.161.